The molecule has 10 rings (SSSR count). The third-order valence-corrected chi connectivity index (χ3v) is 15.4. The first-order valence-electron chi connectivity index (χ1n) is 24.1. The van der Waals surface area contributed by atoms with E-state index in [1.54, 1.807) is 0 Å². The summed E-state index contributed by atoms with van der Waals surface area (Å²) in [6.45, 7) is 11.5. The highest BCUT2D eigenvalue weighted by molar-refractivity contribution is 7.63. The maximum absolute atomic E-state index is 16.4. The molecule has 0 saturated heterocycles. The average molecular weight is 923 g/mol. The van der Waals surface area contributed by atoms with Crippen molar-refractivity contribution in [3.8, 4) is 22.8 Å². The zero-order chi connectivity index (χ0) is 47.4. The number of fused-ring (bicyclic) bond motifs is 4. The van der Waals surface area contributed by atoms with Crippen molar-refractivity contribution < 1.29 is 18.2 Å². The van der Waals surface area contributed by atoms with E-state index >= 15 is 4.57 Å². The van der Waals surface area contributed by atoms with Gasteiger partial charge in [-0.3, -0.25) is 0 Å². The molecule has 0 radical (unpaired) electrons. The number of aromatic nitrogens is 1. The Hall–Kier alpha value is -7.66. The van der Waals surface area contributed by atoms with E-state index in [1.807, 2.05) is 109 Å². The zero-order valence-electron chi connectivity index (χ0n) is 39.5. The Balaban J connectivity index is 1.11. The average Bonchev–Trinajstić information content (AvgIpc) is 3.39. The molecule has 6 nitrogen and oxygen atoms in total. The maximum Gasteiger partial charge on any atom is 0.462 e. The van der Waals surface area contributed by atoms with E-state index in [2.05, 4.69) is 144 Å². The van der Waals surface area contributed by atoms with Crippen LogP contribution in [0.2, 0.25) is 0 Å². The van der Waals surface area contributed by atoms with E-state index < -0.39 is 7.60 Å². The summed E-state index contributed by atoms with van der Waals surface area (Å²) in [7, 11) is -4.27. The number of pyridine rings is 1. The lowest BCUT2D eigenvalue weighted by molar-refractivity contribution is -0.740. The highest BCUT2D eigenvalue weighted by Gasteiger charge is 2.48. The van der Waals surface area contributed by atoms with Crippen LogP contribution >= 0.6 is 7.60 Å². The van der Waals surface area contributed by atoms with Crippen LogP contribution in [0.5, 0.6) is 11.5 Å². The third-order valence-electron chi connectivity index (χ3n) is 13.6. The van der Waals surface area contributed by atoms with E-state index in [0.29, 0.717) is 16.8 Å². The van der Waals surface area contributed by atoms with E-state index in [9.17, 15) is 0 Å². The largest absolute Gasteiger partial charge is 0.462 e. The lowest BCUT2D eigenvalue weighted by Crippen LogP contribution is -2.59. The van der Waals surface area contributed by atoms with Crippen molar-refractivity contribution in [1.29, 1.82) is 0 Å². The highest BCUT2D eigenvalue weighted by Crippen LogP contribution is 2.52. The molecule has 0 fully saturated rings. The van der Waals surface area contributed by atoms with Crippen molar-refractivity contribution in [1.82, 2.24) is 0 Å². The highest BCUT2D eigenvalue weighted by atomic mass is 31.2. The van der Waals surface area contributed by atoms with Crippen LogP contribution in [0.4, 0.5) is 34.1 Å². The van der Waals surface area contributed by atoms with Crippen LogP contribution in [0.3, 0.4) is 0 Å². The minimum Gasteiger partial charge on any atom is -0.413 e. The fraction of sp³-hybridized carbons (Fsp3) is 0.145. The molecule has 0 aliphatic carbocycles. The molecular formula is C62H57N3O3P+. The Kier molecular flexibility index (Phi) is 12.8. The molecule has 7 heteroatoms. The molecule has 69 heavy (non-hydrogen) atoms. The molecule has 1 unspecified atom stereocenters. The summed E-state index contributed by atoms with van der Waals surface area (Å²) >= 11 is 0. The number of anilines is 6. The summed E-state index contributed by atoms with van der Waals surface area (Å²) in [5.74, 6) is 0.804. The second kappa shape index (κ2) is 19.5. The van der Waals surface area contributed by atoms with Crippen molar-refractivity contribution in [2.24, 2.45) is 0 Å². The second-order valence-electron chi connectivity index (χ2n) is 17.7. The molecule has 0 bridgehead atoms. The zero-order valence-corrected chi connectivity index (χ0v) is 40.4. The standard InChI is InChI=1S/C62H57N3O3P/c1-5-8-22-47-35-37-53(38-36-47)65(52-29-16-11-17-30-52)55-32-21-34-57(43-55)68-69(66,67-56-33-20-31-54(42-56)64(50-25-12-9-13-26-50)51-27-14-10-15-28-51)58-39-40-59-46(4)62(6-2,7-3)63-45-49-24-19-18-23-48(49)41-61(63)60(59)44-58/h9-21,23-45H,4-8,22H2,1-3H3/q+1. The van der Waals surface area contributed by atoms with Gasteiger partial charge in [0.05, 0.1) is 10.9 Å². The van der Waals surface area contributed by atoms with Gasteiger partial charge in [-0.1, -0.05) is 137 Å². The normalized spacial score (nSPS) is 13.5. The van der Waals surface area contributed by atoms with Crippen molar-refractivity contribution in [2.45, 2.75) is 58.4 Å². The topological polar surface area (TPSA) is 45.9 Å². The van der Waals surface area contributed by atoms with E-state index in [4.69, 9.17) is 15.6 Å². The van der Waals surface area contributed by atoms with Crippen molar-refractivity contribution in [3.05, 3.63) is 236 Å². The number of hydrogen-bond donors (Lipinski definition) is 0. The first-order valence-corrected chi connectivity index (χ1v) is 25.7. The van der Waals surface area contributed by atoms with Gasteiger partial charge in [-0.2, -0.15) is 4.57 Å². The summed E-state index contributed by atoms with van der Waals surface area (Å²) in [5.41, 5.74) is 10.6. The van der Waals surface area contributed by atoms with Gasteiger partial charge in [-0.05, 0) is 120 Å². The third kappa shape index (κ3) is 8.85. The Labute approximate surface area is 406 Å². The predicted molar refractivity (Wildman–Crippen MR) is 287 cm³/mol. The Bertz CT molecular complexity index is 3260. The van der Waals surface area contributed by atoms with Gasteiger partial charge in [-0.15, -0.1) is 0 Å². The lowest BCUT2D eigenvalue weighted by atomic mass is 9.75. The van der Waals surface area contributed by atoms with Crippen LogP contribution in [0, 0.1) is 0 Å². The molecule has 0 N–H and O–H groups in total. The molecule has 0 amide bonds. The van der Waals surface area contributed by atoms with Crippen LogP contribution in [0.15, 0.2) is 225 Å². The van der Waals surface area contributed by atoms with Gasteiger partial charge < -0.3 is 18.8 Å². The molecule has 8 aromatic carbocycles. The minimum atomic E-state index is -4.27. The van der Waals surface area contributed by atoms with Gasteiger partial charge in [0.2, 0.25) is 5.69 Å². The number of aryl methyl sites for hydroxylation is 1. The minimum absolute atomic E-state index is 0.338. The van der Waals surface area contributed by atoms with Crippen molar-refractivity contribution in [3.63, 3.8) is 0 Å². The van der Waals surface area contributed by atoms with E-state index in [1.165, 1.54) is 5.56 Å². The summed E-state index contributed by atoms with van der Waals surface area (Å²) in [6, 6.07) is 71.7. The van der Waals surface area contributed by atoms with E-state index in [-0.39, 0.29) is 5.54 Å². The summed E-state index contributed by atoms with van der Waals surface area (Å²) in [5, 5.41) is 2.70. The first kappa shape index (κ1) is 45.1. The number of nitrogens with zero attached hydrogens (tertiary/aromatic N) is 3. The molecule has 1 aliphatic heterocycles. The van der Waals surface area contributed by atoms with Gasteiger partial charge >= 0.3 is 7.60 Å². The molecule has 9 aromatic rings. The summed E-state index contributed by atoms with van der Waals surface area (Å²) in [4.78, 5) is 4.36. The van der Waals surface area contributed by atoms with Crippen LogP contribution in [-0.4, -0.2) is 0 Å². The van der Waals surface area contributed by atoms with Crippen LogP contribution in [-0.2, 0) is 16.5 Å². The molecular weight excluding hydrogens is 866 g/mol. The van der Waals surface area contributed by atoms with Crippen molar-refractivity contribution >= 4 is 63.4 Å². The SMILES string of the molecule is C=C1c2ccc(P(=O)(Oc3cccc(N(c4ccccc4)c4ccccc4)c3)Oc3cccc(N(c4ccccc4)c4ccc(CCCC)cc4)c3)cc2-c2cc3ccccc3c[n+]2C1(CC)CC. The quantitative estimate of drug-likeness (QED) is 0.0714. The molecule has 1 aliphatic rings. The van der Waals surface area contributed by atoms with E-state index in [0.717, 1.165) is 99.4 Å². The number of para-hydroxylation sites is 3. The van der Waals surface area contributed by atoms with Crippen LogP contribution in [0.1, 0.15) is 57.6 Å². The lowest BCUT2D eigenvalue weighted by Gasteiger charge is -2.35. The Morgan fingerprint density at radius 2 is 1.00 bits per heavy atom. The van der Waals surface area contributed by atoms with Gasteiger partial charge in [-0.25, -0.2) is 4.57 Å². The van der Waals surface area contributed by atoms with Crippen LogP contribution in [0.25, 0.3) is 27.6 Å². The van der Waals surface area contributed by atoms with Gasteiger partial charge in [0.15, 0.2) is 11.7 Å². The second-order valence-corrected chi connectivity index (χ2v) is 19.6. The van der Waals surface area contributed by atoms with Crippen LogP contribution < -0.4 is 28.7 Å². The van der Waals surface area contributed by atoms with Gasteiger partial charge in [0.1, 0.15) is 11.5 Å². The monoisotopic (exact) mass is 922 g/mol. The summed E-state index contributed by atoms with van der Waals surface area (Å²) < 4.78 is 32.5. The predicted octanol–water partition coefficient (Wildman–Crippen LogP) is 16.6. The smallest absolute Gasteiger partial charge is 0.413 e. The van der Waals surface area contributed by atoms with Gasteiger partial charge in [0.25, 0.3) is 0 Å². The fourth-order valence-corrected chi connectivity index (χ4v) is 11.5. The maximum atomic E-state index is 16.4. The first-order chi connectivity index (χ1) is 33.8. The Morgan fingerprint density at radius 3 is 1.52 bits per heavy atom. The molecule has 2 heterocycles. The number of allylic oxidation sites excluding steroid dienone is 1. The molecule has 342 valence electrons. The Morgan fingerprint density at radius 1 is 0.507 bits per heavy atom. The number of hydrogen-bond acceptors (Lipinski definition) is 5. The molecule has 1 aromatic heterocycles. The molecule has 0 saturated carbocycles. The fourth-order valence-electron chi connectivity index (χ4n) is 9.92. The van der Waals surface area contributed by atoms with Gasteiger partial charge in [0, 0.05) is 76.1 Å². The number of rotatable bonds is 16. The number of unbranched alkanes of at least 4 members (excludes halogenated alkanes) is 1. The number of benzene rings is 8. The molecule has 0 spiro atoms. The summed E-state index contributed by atoms with van der Waals surface area (Å²) in [6.07, 6.45) is 7.31. The van der Waals surface area contributed by atoms with Crippen molar-refractivity contribution in [2.75, 3.05) is 9.80 Å². The molecule has 1 atom stereocenters.